The van der Waals surface area contributed by atoms with Crippen molar-refractivity contribution in [3.8, 4) is 5.75 Å². The lowest BCUT2D eigenvalue weighted by Crippen LogP contribution is -2.27. The summed E-state index contributed by atoms with van der Waals surface area (Å²) >= 11 is 1.29. The van der Waals surface area contributed by atoms with Crippen molar-refractivity contribution in [3.63, 3.8) is 0 Å². The molecular formula is C17H23FN4O3S. The van der Waals surface area contributed by atoms with Crippen LogP contribution in [-0.4, -0.2) is 46.7 Å². The Morgan fingerprint density at radius 2 is 2.08 bits per heavy atom. The molecule has 2 rings (SSSR count). The molecule has 0 aliphatic rings. The molecule has 0 aliphatic heterocycles. The number of benzene rings is 1. The predicted octanol–water partition coefficient (Wildman–Crippen LogP) is 2.43. The summed E-state index contributed by atoms with van der Waals surface area (Å²) in [6.45, 7) is 4.23. The summed E-state index contributed by atoms with van der Waals surface area (Å²) in [5.41, 5.74) is 0. The molecule has 1 amide bonds. The lowest BCUT2D eigenvalue weighted by Gasteiger charge is -2.18. The zero-order valence-corrected chi connectivity index (χ0v) is 16.0. The molecular weight excluding hydrogens is 359 g/mol. The highest BCUT2D eigenvalue weighted by Crippen LogP contribution is 2.26. The van der Waals surface area contributed by atoms with Crippen LogP contribution in [0.1, 0.15) is 25.7 Å². The highest BCUT2D eigenvalue weighted by Gasteiger charge is 2.22. The first-order valence-corrected chi connectivity index (χ1v) is 9.04. The summed E-state index contributed by atoms with van der Waals surface area (Å²) in [4.78, 5) is 11.8. The first-order chi connectivity index (χ1) is 12.5. The molecule has 26 heavy (non-hydrogen) atoms. The second-order valence-corrected chi connectivity index (χ2v) is 6.97. The van der Waals surface area contributed by atoms with E-state index in [1.807, 2.05) is 11.5 Å². The number of nitrogens with zero attached hydrogens (tertiary/aromatic N) is 3. The zero-order valence-electron chi connectivity index (χ0n) is 15.2. The summed E-state index contributed by atoms with van der Waals surface area (Å²) in [7, 11) is 3.20. The maximum Gasteiger partial charge on any atom is 0.233 e. The van der Waals surface area contributed by atoms with Gasteiger partial charge in [-0.1, -0.05) is 23.9 Å². The van der Waals surface area contributed by atoms with Gasteiger partial charge in [0.05, 0.1) is 17.9 Å². The van der Waals surface area contributed by atoms with E-state index < -0.39 is 5.82 Å². The van der Waals surface area contributed by atoms with Crippen LogP contribution in [0.3, 0.4) is 0 Å². The summed E-state index contributed by atoms with van der Waals surface area (Å²) in [5, 5.41) is 11.2. The van der Waals surface area contributed by atoms with E-state index in [0.29, 0.717) is 17.6 Å². The second-order valence-electron chi connectivity index (χ2n) is 5.67. The van der Waals surface area contributed by atoms with Crippen molar-refractivity contribution >= 4 is 17.7 Å². The van der Waals surface area contributed by atoms with Crippen molar-refractivity contribution in [2.75, 3.05) is 20.8 Å². The normalized spacial score (nSPS) is 13.3. The Kier molecular flexibility index (Phi) is 7.40. The minimum atomic E-state index is -0.439. The average Bonchev–Trinajstić information content (AvgIpc) is 3.03. The standard InChI is InChI=1S/C17H23FN4O3S/c1-11(9-24-4)22-15(10-25-14-8-6-5-7-13(14)18)20-21-17(22)26-12(2)16(23)19-3/h5-8,11-12H,9-10H2,1-4H3,(H,19,23). The van der Waals surface area contributed by atoms with Gasteiger partial charge in [0.25, 0.3) is 0 Å². The fraction of sp³-hybridized carbons (Fsp3) is 0.471. The van der Waals surface area contributed by atoms with Crippen molar-refractivity contribution < 1.29 is 18.7 Å². The molecule has 9 heteroatoms. The Morgan fingerprint density at radius 1 is 1.35 bits per heavy atom. The van der Waals surface area contributed by atoms with Crippen molar-refractivity contribution in [2.24, 2.45) is 0 Å². The molecule has 2 atom stereocenters. The van der Waals surface area contributed by atoms with Gasteiger partial charge in [0.15, 0.2) is 22.5 Å². The maximum absolute atomic E-state index is 13.7. The molecule has 0 bridgehead atoms. The molecule has 1 heterocycles. The molecule has 1 N–H and O–H groups in total. The van der Waals surface area contributed by atoms with Crippen LogP contribution in [0.2, 0.25) is 0 Å². The van der Waals surface area contributed by atoms with E-state index in [1.54, 1.807) is 39.3 Å². The Balaban J connectivity index is 2.22. The molecule has 0 saturated heterocycles. The fourth-order valence-corrected chi connectivity index (χ4v) is 3.39. The number of halogens is 1. The quantitative estimate of drug-likeness (QED) is 0.671. The van der Waals surface area contributed by atoms with Crippen molar-refractivity contribution in [3.05, 3.63) is 35.9 Å². The first kappa shape index (κ1) is 20.2. The molecule has 0 radical (unpaired) electrons. The molecule has 0 aliphatic carbocycles. The minimum absolute atomic E-state index is 0.0525. The highest BCUT2D eigenvalue weighted by atomic mass is 32.2. The summed E-state index contributed by atoms with van der Waals surface area (Å²) in [6, 6.07) is 6.11. The van der Waals surface area contributed by atoms with Crippen LogP contribution in [0.25, 0.3) is 0 Å². The largest absolute Gasteiger partial charge is 0.483 e. The molecule has 1 aromatic carbocycles. The Morgan fingerprint density at radius 3 is 2.73 bits per heavy atom. The number of carbonyl (C=O) groups excluding carboxylic acids is 1. The number of carbonyl (C=O) groups is 1. The van der Waals surface area contributed by atoms with Gasteiger partial charge in [0, 0.05) is 14.2 Å². The van der Waals surface area contributed by atoms with Crippen LogP contribution in [0, 0.1) is 5.82 Å². The molecule has 0 spiro atoms. The summed E-state index contributed by atoms with van der Waals surface area (Å²) < 4.78 is 26.4. The number of para-hydroxylation sites is 1. The van der Waals surface area contributed by atoms with E-state index in [9.17, 15) is 9.18 Å². The van der Waals surface area contributed by atoms with E-state index in [0.717, 1.165) is 0 Å². The number of amides is 1. The summed E-state index contributed by atoms with van der Waals surface area (Å²) in [5.74, 6) is 0.137. The van der Waals surface area contributed by atoms with Crippen LogP contribution in [0.5, 0.6) is 5.75 Å². The van der Waals surface area contributed by atoms with E-state index in [4.69, 9.17) is 9.47 Å². The lowest BCUT2D eigenvalue weighted by molar-refractivity contribution is -0.119. The molecule has 0 fully saturated rings. The van der Waals surface area contributed by atoms with Crippen LogP contribution >= 0.6 is 11.8 Å². The predicted molar refractivity (Wildman–Crippen MR) is 96.7 cm³/mol. The van der Waals surface area contributed by atoms with Gasteiger partial charge in [-0.15, -0.1) is 10.2 Å². The smallest absolute Gasteiger partial charge is 0.233 e. The zero-order chi connectivity index (χ0) is 19.1. The van der Waals surface area contributed by atoms with Gasteiger partial charge < -0.3 is 14.8 Å². The van der Waals surface area contributed by atoms with E-state index >= 15 is 0 Å². The third-order valence-corrected chi connectivity index (χ3v) is 4.73. The van der Waals surface area contributed by atoms with Crippen LogP contribution in [-0.2, 0) is 16.1 Å². The molecule has 0 saturated carbocycles. The van der Waals surface area contributed by atoms with Crippen LogP contribution < -0.4 is 10.1 Å². The Labute approximate surface area is 156 Å². The number of aromatic nitrogens is 3. The highest BCUT2D eigenvalue weighted by molar-refractivity contribution is 8.00. The molecule has 2 unspecified atom stereocenters. The molecule has 7 nitrogen and oxygen atoms in total. The Bertz CT molecular complexity index is 741. The average molecular weight is 382 g/mol. The Hall–Kier alpha value is -2.13. The first-order valence-electron chi connectivity index (χ1n) is 8.16. The van der Waals surface area contributed by atoms with Gasteiger partial charge in [-0.25, -0.2) is 4.39 Å². The number of rotatable bonds is 9. The van der Waals surface area contributed by atoms with Gasteiger partial charge >= 0.3 is 0 Å². The second kappa shape index (κ2) is 9.54. The number of hydrogen-bond acceptors (Lipinski definition) is 6. The fourth-order valence-electron chi connectivity index (χ4n) is 2.36. The van der Waals surface area contributed by atoms with Crippen molar-refractivity contribution in [1.82, 2.24) is 20.1 Å². The van der Waals surface area contributed by atoms with Crippen LogP contribution in [0.15, 0.2) is 29.4 Å². The molecule has 2 aromatic rings. The van der Waals surface area contributed by atoms with Crippen LogP contribution in [0.4, 0.5) is 4.39 Å². The van der Waals surface area contributed by atoms with E-state index in [2.05, 4.69) is 15.5 Å². The van der Waals surface area contributed by atoms with Crippen molar-refractivity contribution in [1.29, 1.82) is 0 Å². The maximum atomic E-state index is 13.7. The lowest BCUT2D eigenvalue weighted by atomic mass is 10.3. The van der Waals surface area contributed by atoms with Gasteiger partial charge in [-0.05, 0) is 26.0 Å². The molecule has 142 valence electrons. The van der Waals surface area contributed by atoms with Crippen molar-refractivity contribution in [2.45, 2.75) is 36.9 Å². The van der Waals surface area contributed by atoms with Gasteiger partial charge in [0.1, 0.15) is 6.61 Å². The number of nitrogens with one attached hydrogen (secondary N) is 1. The van der Waals surface area contributed by atoms with E-state index in [1.165, 1.54) is 17.8 Å². The van der Waals surface area contributed by atoms with Gasteiger partial charge in [-0.2, -0.15) is 0 Å². The number of hydrogen-bond donors (Lipinski definition) is 1. The van der Waals surface area contributed by atoms with Gasteiger partial charge in [-0.3, -0.25) is 9.36 Å². The third kappa shape index (κ3) is 4.95. The third-order valence-electron chi connectivity index (χ3n) is 3.68. The SMILES string of the molecule is CNC(=O)C(C)Sc1nnc(COc2ccccc2F)n1C(C)COC. The number of ether oxygens (including phenoxy) is 2. The monoisotopic (exact) mass is 382 g/mol. The minimum Gasteiger partial charge on any atom is -0.483 e. The number of methoxy groups -OCH3 is 1. The molecule has 1 aromatic heterocycles. The topological polar surface area (TPSA) is 78.3 Å². The van der Waals surface area contributed by atoms with Gasteiger partial charge in [0.2, 0.25) is 5.91 Å². The summed E-state index contributed by atoms with van der Waals surface area (Å²) in [6.07, 6.45) is 0. The van der Waals surface area contributed by atoms with E-state index in [-0.39, 0.29) is 29.6 Å². The number of thioether (sulfide) groups is 1.